The number of aromatic hydroxyl groups is 1. The van der Waals surface area contributed by atoms with Crippen LogP contribution in [0.4, 0.5) is 0 Å². The van der Waals surface area contributed by atoms with Crippen LogP contribution < -0.4 is 4.74 Å². The summed E-state index contributed by atoms with van der Waals surface area (Å²) in [5.74, 6) is 2.41. The molecule has 0 radical (unpaired) electrons. The van der Waals surface area contributed by atoms with Crippen molar-refractivity contribution in [1.82, 2.24) is 0 Å². The minimum Gasteiger partial charge on any atom is -0.508 e. The number of phenols is 1. The van der Waals surface area contributed by atoms with Gasteiger partial charge in [0.2, 0.25) is 0 Å². The fourth-order valence-corrected chi connectivity index (χ4v) is 3.58. The first-order valence-corrected chi connectivity index (χ1v) is 11.0. The monoisotopic (exact) mass is 384 g/mol. The fourth-order valence-electron chi connectivity index (χ4n) is 3.58. The predicted molar refractivity (Wildman–Crippen MR) is 121 cm³/mol. The zero-order valence-corrected chi connectivity index (χ0v) is 19.0. The van der Waals surface area contributed by atoms with Crippen molar-refractivity contribution in [2.75, 3.05) is 0 Å². The highest BCUT2D eigenvalue weighted by molar-refractivity contribution is 5.39. The molecule has 0 aliphatic heterocycles. The first kappa shape index (κ1) is 24.1. The summed E-state index contributed by atoms with van der Waals surface area (Å²) >= 11 is 0. The van der Waals surface area contributed by atoms with E-state index in [1.807, 2.05) is 26.8 Å². The SMILES string of the molecule is CC.CCCC(C)CC.Cc1cc(O)cc(OC2c3ccccc3C[C@H]2C)c1. The number of hydrogen-bond donors (Lipinski definition) is 1. The topological polar surface area (TPSA) is 29.5 Å². The third-order valence-electron chi connectivity index (χ3n) is 5.20. The molecule has 0 amide bonds. The van der Waals surface area contributed by atoms with Gasteiger partial charge in [-0.2, -0.15) is 0 Å². The molecule has 1 aliphatic carbocycles. The maximum atomic E-state index is 9.65. The van der Waals surface area contributed by atoms with E-state index in [0.29, 0.717) is 5.92 Å². The molecule has 1 aliphatic rings. The average molecular weight is 385 g/mol. The Kier molecular flexibility index (Phi) is 10.7. The number of fused-ring (bicyclic) bond motifs is 1. The van der Waals surface area contributed by atoms with Crippen LogP contribution in [0.2, 0.25) is 0 Å². The van der Waals surface area contributed by atoms with Crippen molar-refractivity contribution in [2.24, 2.45) is 11.8 Å². The molecule has 3 rings (SSSR count). The van der Waals surface area contributed by atoms with Crippen LogP contribution >= 0.6 is 0 Å². The van der Waals surface area contributed by atoms with Crippen molar-refractivity contribution in [3.63, 3.8) is 0 Å². The van der Waals surface area contributed by atoms with Gasteiger partial charge in [0.15, 0.2) is 0 Å². The van der Waals surface area contributed by atoms with Crippen molar-refractivity contribution in [3.8, 4) is 11.5 Å². The first-order valence-electron chi connectivity index (χ1n) is 11.0. The Balaban J connectivity index is 0.000000372. The van der Waals surface area contributed by atoms with Crippen LogP contribution in [0.1, 0.15) is 83.6 Å². The summed E-state index contributed by atoms with van der Waals surface area (Å²) in [7, 11) is 0. The van der Waals surface area contributed by atoms with E-state index in [0.717, 1.165) is 23.7 Å². The van der Waals surface area contributed by atoms with Crippen molar-refractivity contribution < 1.29 is 9.84 Å². The average Bonchev–Trinajstić information content (AvgIpc) is 2.99. The minimum atomic E-state index is 0.0809. The summed E-state index contributed by atoms with van der Waals surface area (Å²) in [5, 5.41) is 9.65. The van der Waals surface area contributed by atoms with E-state index in [9.17, 15) is 5.11 Å². The van der Waals surface area contributed by atoms with E-state index in [4.69, 9.17) is 4.74 Å². The highest BCUT2D eigenvalue weighted by Crippen LogP contribution is 2.39. The second-order valence-electron chi connectivity index (χ2n) is 7.73. The molecular weight excluding hydrogens is 344 g/mol. The van der Waals surface area contributed by atoms with Crippen LogP contribution in [0.3, 0.4) is 0 Å². The number of phenolic OH excluding ortho intramolecular Hbond substituents is 1. The molecule has 2 nitrogen and oxygen atoms in total. The Morgan fingerprint density at radius 1 is 1.11 bits per heavy atom. The molecule has 0 saturated carbocycles. The molecule has 2 heteroatoms. The molecule has 0 saturated heterocycles. The lowest BCUT2D eigenvalue weighted by Crippen LogP contribution is -2.11. The van der Waals surface area contributed by atoms with Gasteiger partial charge in [-0.15, -0.1) is 0 Å². The Hall–Kier alpha value is -1.96. The molecule has 2 aromatic carbocycles. The summed E-state index contributed by atoms with van der Waals surface area (Å²) in [6.07, 6.45) is 5.22. The van der Waals surface area contributed by atoms with E-state index < -0.39 is 0 Å². The Morgan fingerprint density at radius 2 is 1.79 bits per heavy atom. The van der Waals surface area contributed by atoms with Gasteiger partial charge in [-0.3, -0.25) is 0 Å². The van der Waals surface area contributed by atoms with Crippen LogP contribution in [0, 0.1) is 18.8 Å². The molecule has 0 fully saturated rings. The van der Waals surface area contributed by atoms with Crippen molar-refractivity contribution in [2.45, 2.75) is 80.3 Å². The molecule has 3 atom stereocenters. The molecule has 0 heterocycles. The van der Waals surface area contributed by atoms with E-state index in [1.54, 1.807) is 12.1 Å². The zero-order chi connectivity index (χ0) is 21.1. The second-order valence-corrected chi connectivity index (χ2v) is 7.73. The van der Waals surface area contributed by atoms with E-state index >= 15 is 0 Å². The van der Waals surface area contributed by atoms with E-state index in [2.05, 4.69) is 52.0 Å². The maximum Gasteiger partial charge on any atom is 0.127 e. The molecule has 28 heavy (non-hydrogen) atoms. The van der Waals surface area contributed by atoms with Gasteiger partial charge < -0.3 is 9.84 Å². The van der Waals surface area contributed by atoms with Gasteiger partial charge in [-0.1, -0.05) is 85.1 Å². The normalized spacial score (nSPS) is 18.1. The highest BCUT2D eigenvalue weighted by atomic mass is 16.5. The summed E-state index contributed by atoms with van der Waals surface area (Å²) < 4.78 is 6.12. The van der Waals surface area contributed by atoms with Gasteiger partial charge in [-0.05, 0) is 48.1 Å². The number of benzene rings is 2. The highest BCUT2D eigenvalue weighted by Gasteiger charge is 2.30. The van der Waals surface area contributed by atoms with Crippen LogP contribution in [0.5, 0.6) is 11.5 Å². The van der Waals surface area contributed by atoms with Crippen molar-refractivity contribution in [3.05, 3.63) is 59.2 Å². The van der Waals surface area contributed by atoms with Crippen molar-refractivity contribution >= 4 is 0 Å². The number of rotatable bonds is 5. The summed E-state index contributed by atoms with van der Waals surface area (Å²) in [4.78, 5) is 0. The molecule has 2 unspecified atom stereocenters. The fraction of sp³-hybridized carbons (Fsp3) is 0.538. The molecule has 0 bridgehead atoms. The standard InChI is InChI=1S/C17H18O2.C7H16.C2H6/c1-11-7-14(18)10-15(8-11)19-17-12(2)9-13-5-3-4-6-16(13)17;1-4-6-7(3)5-2;1-2/h3-8,10,12,17-18H,9H2,1-2H3;7H,4-6H2,1-3H3;1-2H3/t12-,17?;;/m1../s1. The van der Waals surface area contributed by atoms with E-state index in [1.165, 1.54) is 30.4 Å². The summed E-state index contributed by atoms with van der Waals surface area (Å²) in [5.41, 5.74) is 3.65. The van der Waals surface area contributed by atoms with E-state index in [-0.39, 0.29) is 11.9 Å². The van der Waals surface area contributed by atoms with Gasteiger partial charge in [-0.25, -0.2) is 0 Å². The summed E-state index contributed by atoms with van der Waals surface area (Å²) in [6.45, 7) is 15.0. The predicted octanol–water partition coefficient (Wildman–Crippen LogP) is 7.87. The number of ether oxygens (including phenoxy) is 1. The molecule has 2 aromatic rings. The Bertz CT molecular complexity index is 672. The van der Waals surface area contributed by atoms with Crippen LogP contribution in [0.25, 0.3) is 0 Å². The van der Waals surface area contributed by atoms with Gasteiger partial charge in [0.05, 0.1) is 0 Å². The quantitative estimate of drug-likeness (QED) is 0.568. The Labute approximate surface area is 173 Å². The summed E-state index contributed by atoms with van der Waals surface area (Å²) in [6, 6.07) is 13.8. The van der Waals surface area contributed by atoms with Crippen molar-refractivity contribution in [1.29, 1.82) is 0 Å². The smallest absolute Gasteiger partial charge is 0.127 e. The molecule has 156 valence electrons. The third-order valence-corrected chi connectivity index (χ3v) is 5.20. The maximum absolute atomic E-state index is 9.65. The van der Waals surface area contributed by atoms with Gasteiger partial charge in [0, 0.05) is 12.0 Å². The lowest BCUT2D eigenvalue weighted by molar-refractivity contribution is 0.159. The Morgan fingerprint density at radius 3 is 2.36 bits per heavy atom. The first-order chi connectivity index (χ1) is 13.4. The lowest BCUT2D eigenvalue weighted by Gasteiger charge is -2.19. The van der Waals surface area contributed by atoms with Gasteiger partial charge >= 0.3 is 0 Å². The number of aryl methyl sites for hydroxylation is 1. The van der Waals surface area contributed by atoms with Crippen LogP contribution in [-0.4, -0.2) is 5.11 Å². The van der Waals surface area contributed by atoms with Gasteiger partial charge in [0.1, 0.15) is 17.6 Å². The van der Waals surface area contributed by atoms with Crippen LogP contribution in [-0.2, 0) is 6.42 Å². The third kappa shape index (κ3) is 7.22. The number of hydrogen-bond acceptors (Lipinski definition) is 2. The lowest BCUT2D eigenvalue weighted by atomic mass is 10.0. The van der Waals surface area contributed by atoms with Gasteiger partial charge in [0.25, 0.3) is 0 Å². The zero-order valence-electron chi connectivity index (χ0n) is 19.0. The molecule has 1 N–H and O–H groups in total. The van der Waals surface area contributed by atoms with Crippen LogP contribution in [0.15, 0.2) is 42.5 Å². The molecule has 0 aromatic heterocycles. The minimum absolute atomic E-state index is 0.0809. The molecular formula is C26H40O2. The molecule has 0 spiro atoms. The second kappa shape index (κ2) is 12.5. The largest absolute Gasteiger partial charge is 0.508 e.